The van der Waals surface area contributed by atoms with Gasteiger partial charge in [-0.2, -0.15) is 5.26 Å². The van der Waals surface area contributed by atoms with Gasteiger partial charge in [-0.3, -0.25) is 0 Å². The van der Waals surface area contributed by atoms with Crippen molar-refractivity contribution in [2.75, 3.05) is 19.7 Å². The van der Waals surface area contributed by atoms with Gasteiger partial charge in [-0.25, -0.2) is 0 Å². The lowest BCUT2D eigenvalue weighted by atomic mass is 10.1. The molecule has 0 bridgehead atoms. The molecule has 0 aromatic heterocycles. The normalized spacial score (nSPS) is 39.8. The molecule has 1 heterocycles. The standard InChI is InChI=1S/C9H16N2O2/c1-3-4-11(12)5-6-13-8(2)9(11)7-10/h8-9H,3-6H2,1-2H3. The molecule has 1 rings (SSSR count). The Morgan fingerprint density at radius 2 is 2.38 bits per heavy atom. The van der Waals surface area contributed by atoms with Crippen LogP contribution in [0.4, 0.5) is 0 Å². The van der Waals surface area contributed by atoms with Crippen LogP contribution in [0.15, 0.2) is 0 Å². The Morgan fingerprint density at radius 1 is 1.69 bits per heavy atom. The van der Waals surface area contributed by atoms with E-state index in [1.165, 1.54) is 0 Å². The molecule has 3 atom stereocenters. The first-order valence-corrected chi connectivity index (χ1v) is 4.73. The molecule has 0 aromatic rings. The van der Waals surface area contributed by atoms with Crippen LogP contribution in [0.2, 0.25) is 0 Å². The van der Waals surface area contributed by atoms with Gasteiger partial charge in [0.1, 0.15) is 18.7 Å². The van der Waals surface area contributed by atoms with Crippen LogP contribution in [0, 0.1) is 16.5 Å². The van der Waals surface area contributed by atoms with E-state index < -0.39 is 10.7 Å². The summed E-state index contributed by atoms with van der Waals surface area (Å²) in [5.41, 5.74) is 0. The number of quaternary nitrogens is 1. The highest BCUT2D eigenvalue weighted by Gasteiger charge is 2.37. The number of ether oxygens (including phenoxy) is 1. The second-order valence-electron chi connectivity index (χ2n) is 3.55. The first-order valence-electron chi connectivity index (χ1n) is 4.73. The van der Waals surface area contributed by atoms with Gasteiger partial charge in [-0.15, -0.1) is 0 Å². The summed E-state index contributed by atoms with van der Waals surface area (Å²) in [4.78, 5) is 0. The summed E-state index contributed by atoms with van der Waals surface area (Å²) in [6.07, 6.45) is 0.580. The lowest BCUT2D eigenvalue weighted by Gasteiger charge is -2.50. The quantitative estimate of drug-likeness (QED) is 0.475. The van der Waals surface area contributed by atoms with Crippen molar-refractivity contribution in [3.63, 3.8) is 0 Å². The van der Waals surface area contributed by atoms with Gasteiger partial charge in [0.05, 0.1) is 13.2 Å². The molecule has 3 unspecified atom stereocenters. The van der Waals surface area contributed by atoms with Gasteiger partial charge in [0, 0.05) is 0 Å². The lowest BCUT2D eigenvalue weighted by Crippen LogP contribution is -2.60. The van der Waals surface area contributed by atoms with Crippen LogP contribution >= 0.6 is 0 Å². The number of nitriles is 1. The van der Waals surface area contributed by atoms with E-state index in [9.17, 15) is 5.21 Å². The monoisotopic (exact) mass is 184 g/mol. The Morgan fingerprint density at radius 3 is 2.92 bits per heavy atom. The third-order valence-electron chi connectivity index (χ3n) is 2.54. The molecule has 0 aromatic carbocycles. The molecular formula is C9H16N2O2. The van der Waals surface area contributed by atoms with Crippen molar-refractivity contribution in [1.82, 2.24) is 0 Å². The summed E-state index contributed by atoms with van der Waals surface area (Å²) in [6, 6.07) is 1.52. The highest BCUT2D eigenvalue weighted by molar-refractivity contribution is 4.92. The third-order valence-corrected chi connectivity index (χ3v) is 2.54. The second-order valence-corrected chi connectivity index (χ2v) is 3.55. The van der Waals surface area contributed by atoms with E-state index in [1.54, 1.807) is 6.92 Å². The highest BCUT2D eigenvalue weighted by atomic mass is 16.6. The Balaban J connectivity index is 2.75. The fraction of sp³-hybridized carbons (Fsp3) is 0.889. The Labute approximate surface area is 78.9 Å². The number of hydroxylamine groups is 3. The molecule has 0 N–H and O–H groups in total. The van der Waals surface area contributed by atoms with Gasteiger partial charge in [-0.05, 0) is 13.3 Å². The van der Waals surface area contributed by atoms with Crippen molar-refractivity contribution in [3.8, 4) is 6.07 Å². The van der Waals surface area contributed by atoms with Crippen LogP contribution in [-0.4, -0.2) is 36.5 Å². The molecule has 0 spiro atoms. The zero-order valence-electron chi connectivity index (χ0n) is 8.19. The van der Waals surface area contributed by atoms with Crippen LogP contribution in [0.3, 0.4) is 0 Å². The molecule has 1 aliphatic rings. The van der Waals surface area contributed by atoms with Crippen molar-refractivity contribution in [2.45, 2.75) is 32.4 Å². The molecule has 13 heavy (non-hydrogen) atoms. The number of hydrogen-bond acceptors (Lipinski definition) is 3. The highest BCUT2D eigenvalue weighted by Crippen LogP contribution is 2.21. The van der Waals surface area contributed by atoms with Crippen molar-refractivity contribution in [1.29, 1.82) is 5.26 Å². The number of nitrogens with zero attached hydrogens (tertiary/aromatic N) is 2. The zero-order chi connectivity index (χ0) is 9.90. The van der Waals surface area contributed by atoms with Crippen LogP contribution in [0.1, 0.15) is 20.3 Å². The number of morpholine rings is 1. The molecule has 0 saturated carbocycles. The maximum absolute atomic E-state index is 12.1. The average Bonchev–Trinajstić information content (AvgIpc) is 2.04. The lowest BCUT2D eigenvalue weighted by molar-refractivity contribution is -0.909. The second kappa shape index (κ2) is 4.05. The van der Waals surface area contributed by atoms with Crippen LogP contribution in [-0.2, 0) is 4.74 Å². The number of hydrogen-bond donors (Lipinski definition) is 0. The van der Waals surface area contributed by atoms with Gasteiger partial charge >= 0.3 is 0 Å². The third kappa shape index (κ3) is 1.99. The van der Waals surface area contributed by atoms with E-state index in [4.69, 9.17) is 10.00 Å². The Kier molecular flexibility index (Phi) is 3.26. The maximum Gasteiger partial charge on any atom is 0.202 e. The first kappa shape index (κ1) is 10.5. The number of rotatable bonds is 2. The van der Waals surface area contributed by atoms with E-state index in [1.807, 2.05) is 6.92 Å². The summed E-state index contributed by atoms with van der Waals surface area (Å²) in [7, 11) is 0. The predicted molar refractivity (Wildman–Crippen MR) is 48.5 cm³/mol. The molecule has 0 radical (unpaired) electrons. The van der Waals surface area contributed by atoms with Crippen LogP contribution in [0.25, 0.3) is 0 Å². The molecular weight excluding hydrogens is 168 g/mol. The van der Waals surface area contributed by atoms with E-state index in [0.29, 0.717) is 19.7 Å². The minimum Gasteiger partial charge on any atom is -0.632 e. The SMILES string of the molecule is CCC[N+]1([O-])CCOC(C)C1C#N. The topological polar surface area (TPSA) is 56.1 Å². The van der Waals surface area contributed by atoms with Gasteiger partial charge in [0.15, 0.2) is 0 Å². The summed E-state index contributed by atoms with van der Waals surface area (Å²) in [5, 5.41) is 21.0. The summed E-state index contributed by atoms with van der Waals surface area (Å²) >= 11 is 0. The first-order chi connectivity index (χ1) is 6.14. The van der Waals surface area contributed by atoms with E-state index in [2.05, 4.69) is 6.07 Å². The molecule has 1 saturated heterocycles. The van der Waals surface area contributed by atoms with Gasteiger partial charge in [-0.1, -0.05) is 6.92 Å². The molecule has 0 aliphatic carbocycles. The largest absolute Gasteiger partial charge is 0.632 e. The molecule has 1 fully saturated rings. The van der Waals surface area contributed by atoms with Gasteiger partial charge < -0.3 is 14.6 Å². The van der Waals surface area contributed by atoms with E-state index in [0.717, 1.165) is 6.42 Å². The minimum absolute atomic E-state index is 0.234. The van der Waals surface area contributed by atoms with Crippen molar-refractivity contribution in [3.05, 3.63) is 5.21 Å². The van der Waals surface area contributed by atoms with Crippen molar-refractivity contribution < 1.29 is 9.38 Å². The summed E-state index contributed by atoms with van der Waals surface area (Å²) in [6.45, 7) is 5.17. The maximum atomic E-state index is 12.1. The minimum atomic E-state index is -0.548. The van der Waals surface area contributed by atoms with E-state index >= 15 is 0 Å². The molecule has 74 valence electrons. The molecule has 4 heteroatoms. The summed E-state index contributed by atoms with van der Waals surface area (Å²) in [5.74, 6) is 0. The van der Waals surface area contributed by atoms with Crippen molar-refractivity contribution in [2.24, 2.45) is 0 Å². The molecule has 0 amide bonds. The van der Waals surface area contributed by atoms with E-state index in [-0.39, 0.29) is 6.10 Å². The predicted octanol–water partition coefficient (Wildman–Crippen LogP) is 1.02. The Bertz CT molecular complexity index is 210. The molecule has 4 nitrogen and oxygen atoms in total. The smallest absolute Gasteiger partial charge is 0.202 e. The zero-order valence-corrected chi connectivity index (χ0v) is 8.19. The Hall–Kier alpha value is -0.630. The fourth-order valence-electron chi connectivity index (χ4n) is 1.85. The van der Waals surface area contributed by atoms with Gasteiger partial charge in [0.25, 0.3) is 0 Å². The van der Waals surface area contributed by atoms with Crippen LogP contribution < -0.4 is 0 Å². The fourth-order valence-corrected chi connectivity index (χ4v) is 1.85. The van der Waals surface area contributed by atoms with Crippen LogP contribution in [0.5, 0.6) is 0 Å². The average molecular weight is 184 g/mol. The summed E-state index contributed by atoms with van der Waals surface area (Å²) < 4.78 is 4.89. The van der Waals surface area contributed by atoms with Crippen molar-refractivity contribution >= 4 is 0 Å². The van der Waals surface area contributed by atoms with Gasteiger partial charge in [0.2, 0.25) is 6.04 Å². The molecule has 1 aliphatic heterocycles.